The van der Waals surface area contributed by atoms with Gasteiger partial charge < -0.3 is 14.5 Å². The quantitative estimate of drug-likeness (QED) is 0.663. The van der Waals surface area contributed by atoms with Gasteiger partial charge >= 0.3 is 0 Å². The number of benzene rings is 1. The van der Waals surface area contributed by atoms with E-state index in [1.165, 1.54) is 0 Å². The van der Waals surface area contributed by atoms with E-state index in [0.29, 0.717) is 19.6 Å². The van der Waals surface area contributed by atoms with E-state index < -0.39 is 9.84 Å². The molecule has 0 unspecified atom stereocenters. The number of piperazine rings is 1. The molecular weight excluding hydrogens is 390 g/mol. The van der Waals surface area contributed by atoms with Crippen molar-refractivity contribution in [2.75, 3.05) is 55.7 Å². The molecular formula is C21H31N3O4S. The van der Waals surface area contributed by atoms with Gasteiger partial charge in [0.2, 0.25) is 5.91 Å². The van der Waals surface area contributed by atoms with Crippen molar-refractivity contribution in [3.63, 3.8) is 0 Å². The molecule has 2 heterocycles. The summed E-state index contributed by atoms with van der Waals surface area (Å²) in [5.41, 5.74) is 1.11. The third-order valence-electron chi connectivity index (χ3n) is 6.07. The molecule has 0 N–H and O–H groups in total. The van der Waals surface area contributed by atoms with Crippen molar-refractivity contribution < 1.29 is 17.9 Å². The van der Waals surface area contributed by atoms with Crippen molar-refractivity contribution in [1.82, 2.24) is 9.80 Å². The molecule has 1 atom stereocenters. The normalized spacial score (nSPS) is 24.4. The van der Waals surface area contributed by atoms with Crippen LogP contribution in [0.5, 0.6) is 5.75 Å². The van der Waals surface area contributed by atoms with E-state index in [0.717, 1.165) is 50.5 Å². The molecule has 1 saturated carbocycles. The summed E-state index contributed by atoms with van der Waals surface area (Å²) in [6.07, 6.45) is 2.60. The summed E-state index contributed by atoms with van der Waals surface area (Å²) in [6, 6.07) is 8.22. The second kappa shape index (κ2) is 8.52. The minimum atomic E-state index is -2.99. The number of nitrogens with zero attached hydrogens (tertiary/aromatic N) is 3. The molecule has 1 aliphatic carbocycles. The average molecular weight is 422 g/mol. The van der Waals surface area contributed by atoms with Gasteiger partial charge in [-0.2, -0.15) is 0 Å². The molecule has 29 heavy (non-hydrogen) atoms. The largest absolute Gasteiger partial charge is 0.492 e. The predicted octanol–water partition coefficient (Wildman–Crippen LogP) is 1.39. The van der Waals surface area contributed by atoms with Gasteiger partial charge in [0.25, 0.3) is 0 Å². The Morgan fingerprint density at radius 2 is 1.83 bits per heavy atom. The first-order chi connectivity index (χ1) is 14.0. The van der Waals surface area contributed by atoms with Gasteiger partial charge in [-0.3, -0.25) is 9.69 Å². The van der Waals surface area contributed by atoms with Gasteiger partial charge in [-0.1, -0.05) is 12.1 Å². The maximum Gasteiger partial charge on any atom is 0.237 e. The Morgan fingerprint density at radius 1 is 1.10 bits per heavy atom. The Hall–Kier alpha value is -1.80. The lowest BCUT2D eigenvalue weighted by molar-refractivity contribution is -0.135. The number of carbonyl (C=O) groups excluding carboxylic acids is 1. The zero-order valence-corrected chi connectivity index (χ0v) is 17.9. The number of para-hydroxylation sites is 2. The number of ether oxygens (including phenoxy) is 1. The number of anilines is 1. The van der Waals surface area contributed by atoms with Crippen LogP contribution in [0, 0.1) is 0 Å². The van der Waals surface area contributed by atoms with Crippen LogP contribution in [0.4, 0.5) is 5.69 Å². The molecule has 1 aromatic carbocycles. The molecule has 2 aliphatic heterocycles. The topological polar surface area (TPSA) is 70.2 Å². The van der Waals surface area contributed by atoms with Gasteiger partial charge in [-0.05, 0) is 38.3 Å². The van der Waals surface area contributed by atoms with Crippen LogP contribution in [0.15, 0.2) is 24.3 Å². The molecule has 0 spiro atoms. The number of hydrogen-bond acceptors (Lipinski definition) is 6. The van der Waals surface area contributed by atoms with Gasteiger partial charge in [-0.25, -0.2) is 8.42 Å². The van der Waals surface area contributed by atoms with E-state index in [9.17, 15) is 13.2 Å². The van der Waals surface area contributed by atoms with Crippen LogP contribution < -0.4 is 9.64 Å². The summed E-state index contributed by atoms with van der Waals surface area (Å²) in [5, 5.41) is 0. The highest BCUT2D eigenvalue weighted by Crippen LogP contribution is 2.33. The van der Waals surface area contributed by atoms with Crippen LogP contribution in [0.2, 0.25) is 0 Å². The Bertz CT molecular complexity index is 832. The molecule has 0 aromatic heterocycles. The molecule has 0 bridgehead atoms. The van der Waals surface area contributed by atoms with Crippen molar-refractivity contribution in [3.8, 4) is 5.75 Å². The number of amides is 1. The maximum absolute atomic E-state index is 13.0. The highest BCUT2D eigenvalue weighted by atomic mass is 32.2. The van der Waals surface area contributed by atoms with E-state index in [2.05, 4.69) is 15.9 Å². The summed E-state index contributed by atoms with van der Waals surface area (Å²) in [4.78, 5) is 19.5. The zero-order valence-electron chi connectivity index (χ0n) is 17.1. The lowest BCUT2D eigenvalue weighted by atomic mass is 10.2. The fourth-order valence-electron chi connectivity index (χ4n) is 4.47. The Labute approximate surface area is 173 Å². The molecule has 2 saturated heterocycles. The number of hydrogen-bond donors (Lipinski definition) is 0. The molecule has 7 nitrogen and oxygen atoms in total. The highest BCUT2D eigenvalue weighted by Gasteiger charge is 2.42. The predicted molar refractivity (Wildman–Crippen MR) is 113 cm³/mol. The van der Waals surface area contributed by atoms with E-state index in [-0.39, 0.29) is 29.5 Å². The molecule has 1 aromatic rings. The fourth-order valence-corrected chi connectivity index (χ4v) is 6.18. The van der Waals surface area contributed by atoms with E-state index in [4.69, 9.17) is 4.74 Å². The first-order valence-corrected chi connectivity index (χ1v) is 12.5. The Morgan fingerprint density at radius 3 is 2.45 bits per heavy atom. The summed E-state index contributed by atoms with van der Waals surface area (Å²) in [5.74, 6) is 1.35. The molecule has 3 fully saturated rings. The average Bonchev–Trinajstić information content (AvgIpc) is 3.46. The summed E-state index contributed by atoms with van der Waals surface area (Å²) >= 11 is 0. The van der Waals surface area contributed by atoms with Crippen LogP contribution in [0.1, 0.15) is 26.2 Å². The minimum absolute atomic E-state index is 0.0952. The van der Waals surface area contributed by atoms with Crippen LogP contribution in [0.25, 0.3) is 0 Å². The Balaban J connectivity index is 1.34. The van der Waals surface area contributed by atoms with E-state index in [1.807, 2.05) is 30.0 Å². The Kier molecular flexibility index (Phi) is 6.01. The molecule has 3 aliphatic rings. The van der Waals surface area contributed by atoms with Crippen molar-refractivity contribution in [3.05, 3.63) is 24.3 Å². The number of carbonyl (C=O) groups is 1. The molecule has 4 rings (SSSR count). The van der Waals surface area contributed by atoms with E-state index >= 15 is 0 Å². The maximum atomic E-state index is 13.0. The molecule has 160 valence electrons. The second-order valence-corrected chi connectivity index (χ2v) is 10.5. The standard InChI is InChI=1S/C21H31N3O4S/c1-2-28-20-6-4-3-5-19(20)23-12-10-22(11-13-23)15-21(25)24(17-7-8-17)18-9-14-29(26,27)16-18/h3-6,17-18H,2,7-16H2,1H3/t18-/m0/s1. The SMILES string of the molecule is CCOc1ccccc1N1CCN(CC(=O)N(C2CC2)[C@H]2CCS(=O)(=O)C2)CC1. The van der Waals surface area contributed by atoms with E-state index in [1.54, 1.807) is 0 Å². The third-order valence-corrected chi connectivity index (χ3v) is 7.82. The smallest absolute Gasteiger partial charge is 0.237 e. The molecule has 1 amide bonds. The first-order valence-electron chi connectivity index (χ1n) is 10.7. The number of rotatable bonds is 7. The van der Waals surface area contributed by atoms with Gasteiger partial charge in [0.15, 0.2) is 9.84 Å². The zero-order chi connectivity index (χ0) is 20.4. The van der Waals surface area contributed by atoms with Crippen molar-refractivity contribution in [2.45, 2.75) is 38.3 Å². The molecule has 0 radical (unpaired) electrons. The fraction of sp³-hybridized carbons (Fsp3) is 0.667. The summed E-state index contributed by atoms with van der Waals surface area (Å²) in [7, 11) is -2.99. The first kappa shape index (κ1) is 20.5. The summed E-state index contributed by atoms with van der Waals surface area (Å²) in [6.45, 7) is 6.33. The monoisotopic (exact) mass is 421 g/mol. The third kappa shape index (κ3) is 4.86. The summed E-state index contributed by atoms with van der Waals surface area (Å²) < 4.78 is 29.5. The van der Waals surface area contributed by atoms with Crippen LogP contribution in [-0.4, -0.2) is 87.0 Å². The second-order valence-electron chi connectivity index (χ2n) is 8.25. The van der Waals surface area contributed by atoms with Crippen LogP contribution >= 0.6 is 0 Å². The van der Waals surface area contributed by atoms with Crippen molar-refractivity contribution >= 4 is 21.4 Å². The lowest BCUT2D eigenvalue weighted by Gasteiger charge is -2.38. The minimum Gasteiger partial charge on any atom is -0.492 e. The van der Waals surface area contributed by atoms with Crippen LogP contribution in [-0.2, 0) is 14.6 Å². The van der Waals surface area contributed by atoms with Gasteiger partial charge in [0.05, 0.1) is 30.3 Å². The van der Waals surface area contributed by atoms with Gasteiger partial charge in [0.1, 0.15) is 5.75 Å². The van der Waals surface area contributed by atoms with Gasteiger partial charge in [-0.15, -0.1) is 0 Å². The highest BCUT2D eigenvalue weighted by molar-refractivity contribution is 7.91. The van der Waals surface area contributed by atoms with Crippen LogP contribution in [0.3, 0.4) is 0 Å². The molecule has 8 heteroatoms. The lowest BCUT2D eigenvalue weighted by Crippen LogP contribution is -2.52. The van der Waals surface area contributed by atoms with Gasteiger partial charge in [0, 0.05) is 38.3 Å². The van der Waals surface area contributed by atoms with Crippen molar-refractivity contribution in [2.24, 2.45) is 0 Å². The van der Waals surface area contributed by atoms with Crippen molar-refractivity contribution in [1.29, 1.82) is 0 Å². The number of sulfone groups is 1.